The van der Waals surface area contributed by atoms with Crippen molar-refractivity contribution >= 4 is 49.6 Å². The number of rotatable bonds is 3. The minimum atomic E-state index is -4.42. The van der Waals surface area contributed by atoms with E-state index in [9.17, 15) is 18.0 Å². The van der Waals surface area contributed by atoms with Gasteiger partial charge in [-0.1, -0.05) is 43.6 Å². The third kappa shape index (κ3) is 4.99. The van der Waals surface area contributed by atoms with Gasteiger partial charge in [0.25, 0.3) is 0 Å². The van der Waals surface area contributed by atoms with E-state index < -0.39 is 17.7 Å². The molecule has 0 aromatic heterocycles. The minimum absolute atomic E-state index is 0.315. The molecule has 2 nitrogen and oxygen atoms in total. The van der Waals surface area contributed by atoms with Gasteiger partial charge >= 0.3 is 12.1 Å². The Balaban J connectivity index is 2.38. The van der Waals surface area contributed by atoms with E-state index in [-0.39, 0.29) is 0 Å². The number of hydrogen-bond acceptors (Lipinski definition) is 3. The molecule has 0 aliphatic rings. The topological polar surface area (TPSA) is 26.3 Å². The van der Waals surface area contributed by atoms with E-state index in [0.717, 1.165) is 23.9 Å². The van der Waals surface area contributed by atoms with Crippen LogP contribution < -0.4 is 0 Å². The Morgan fingerprint density at radius 3 is 2.13 bits per heavy atom. The molecule has 0 saturated heterocycles. The van der Waals surface area contributed by atoms with Crippen LogP contribution in [0.15, 0.2) is 55.1 Å². The maximum atomic E-state index is 12.9. The van der Waals surface area contributed by atoms with Crippen molar-refractivity contribution in [1.82, 2.24) is 0 Å². The molecule has 0 amide bonds. The van der Waals surface area contributed by atoms with E-state index >= 15 is 0 Å². The molecular formula is C15H9Br2F3O2S. The zero-order chi connectivity index (χ0) is 17.2. The Hall–Kier alpha value is -0.990. The van der Waals surface area contributed by atoms with Gasteiger partial charge in [-0.05, 0) is 36.4 Å². The molecule has 0 atom stereocenters. The number of carbonyl (C=O) groups is 1. The summed E-state index contributed by atoms with van der Waals surface area (Å²) < 4.78 is 44.2. The molecule has 0 saturated carbocycles. The molecular weight excluding hydrogens is 461 g/mol. The van der Waals surface area contributed by atoms with Crippen molar-refractivity contribution < 1.29 is 22.7 Å². The van der Waals surface area contributed by atoms with Gasteiger partial charge in [-0.2, -0.15) is 13.2 Å². The van der Waals surface area contributed by atoms with Crippen LogP contribution in [0.2, 0.25) is 0 Å². The summed E-state index contributed by atoms with van der Waals surface area (Å²) in [5.74, 6) is -0.515. The van der Waals surface area contributed by atoms with Crippen molar-refractivity contribution in [2.75, 3.05) is 7.11 Å². The Labute approximate surface area is 151 Å². The van der Waals surface area contributed by atoms with Gasteiger partial charge in [0.05, 0.1) is 18.2 Å². The first-order valence-electron chi connectivity index (χ1n) is 6.13. The predicted octanol–water partition coefficient (Wildman–Crippen LogP) is 6.17. The van der Waals surface area contributed by atoms with Crippen LogP contribution in [0.5, 0.6) is 0 Å². The van der Waals surface area contributed by atoms with Crippen molar-refractivity contribution in [3.63, 3.8) is 0 Å². The first kappa shape index (κ1) is 18.4. The molecule has 0 spiro atoms. The molecule has 122 valence electrons. The van der Waals surface area contributed by atoms with E-state index in [4.69, 9.17) is 0 Å². The monoisotopic (exact) mass is 468 g/mol. The number of carbonyl (C=O) groups excluding carboxylic acids is 1. The summed E-state index contributed by atoms with van der Waals surface area (Å²) in [4.78, 5) is 12.6. The molecule has 0 aliphatic carbocycles. The largest absolute Gasteiger partial charge is 0.465 e. The van der Waals surface area contributed by atoms with E-state index in [1.54, 1.807) is 24.3 Å². The fourth-order valence-electron chi connectivity index (χ4n) is 1.78. The highest BCUT2D eigenvalue weighted by atomic mass is 79.9. The predicted molar refractivity (Wildman–Crippen MR) is 88.7 cm³/mol. The standard InChI is InChI=1S/C15H9Br2F3O2S/c1-22-14(21)8-2-10(16)6-12(3-8)23-13-5-9(15(18,19)20)4-11(17)7-13/h2-7H,1H3. The van der Waals surface area contributed by atoms with E-state index in [1.807, 2.05) is 0 Å². The van der Waals surface area contributed by atoms with Gasteiger partial charge in [0.15, 0.2) is 0 Å². The molecule has 23 heavy (non-hydrogen) atoms. The maximum absolute atomic E-state index is 12.9. The van der Waals surface area contributed by atoms with Gasteiger partial charge in [0, 0.05) is 18.7 Å². The summed E-state index contributed by atoms with van der Waals surface area (Å²) in [6.45, 7) is 0. The normalized spacial score (nSPS) is 11.4. The number of hydrogen-bond donors (Lipinski definition) is 0. The molecule has 0 fully saturated rings. The fourth-order valence-corrected chi connectivity index (χ4v) is 4.08. The van der Waals surface area contributed by atoms with Gasteiger partial charge in [-0.25, -0.2) is 4.79 Å². The summed E-state index contributed by atoms with van der Waals surface area (Å²) in [7, 11) is 1.26. The number of ether oxygens (including phenoxy) is 1. The quantitative estimate of drug-likeness (QED) is 0.503. The second-order valence-corrected chi connectivity index (χ2v) is 7.42. The van der Waals surface area contributed by atoms with E-state index in [0.29, 0.717) is 24.3 Å². The van der Waals surface area contributed by atoms with Crippen LogP contribution in [-0.4, -0.2) is 13.1 Å². The Morgan fingerprint density at radius 1 is 1.00 bits per heavy atom. The zero-order valence-electron chi connectivity index (χ0n) is 11.6. The van der Waals surface area contributed by atoms with E-state index in [2.05, 4.69) is 36.6 Å². The highest BCUT2D eigenvalue weighted by Gasteiger charge is 2.31. The maximum Gasteiger partial charge on any atom is 0.416 e. The summed E-state index contributed by atoms with van der Waals surface area (Å²) in [6.07, 6.45) is -4.42. The van der Waals surface area contributed by atoms with Crippen LogP contribution in [0.25, 0.3) is 0 Å². The lowest BCUT2D eigenvalue weighted by Gasteiger charge is -2.10. The number of halogens is 5. The molecule has 0 heterocycles. The molecule has 0 aliphatic heterocycles. The average molecular weight is 470 g/mol. The van der Waals surface area contributed by atoms with Gasteiger partial charge in [-0.15, -0.1) is 0 Å². The summed E-state index contributed by atoms with van der Waals surface area (Å²) in [5, 5.41) is 0. The van der Waals surface area contributed by atoms with Crippen LogP contribution in [0.3, 0.4) is 0 Å². The molecule has 2 aromatic carbocycles. The molecule has 8 heteroatoms. The summed E-state index contributed by atoms with van der Waals surface area (Å²) >= 11 is 7.48. The number of methoxy groups -OCH3 is 1. The minimum Gasteiger partial charge on any atom is -0.465 e. The van der Waals surface area contributed by atoms with Crippen molar-refractivity contribution in [3.05, 3.63) is 56.5 Å². The van der Waals surface area contributed by atoms with Crippen LogP contribution >= 0.6 is 43.6 Å². The average Bonchev–Trinajstić information content (AvgIpc) is 2.44. The lowest BCUT2D eigenvalue weighted by atomic mass is 10.2. The highest BCUT2D eigenvalue weighted by molar-refractivity contribution is 9.10. The second-order valence-electron chi connectivity index (χ2n) is 4.44. The molecule has 2 aromatic rings. The number of benzene rings is 2. The van der Waals surface area contributed by atoms with Crippen LogP contribution in [-0.2, 0) is 10.9 Å². The van der Waals surface area contributed by atoms with Gasteiger partial charge < -0.3 is 4.74 Å². The van der Waals surface area contributed by atoms with Crippen LogP contribution in [0.1, 0.15) is 15.9 Å². The van der Waals surface area contributed by atoms with Crippen LogP contribution in [0, 0.1) is 0 Å². The SMILES string of the molecule is COC(=O)c1cc(Br)cc(Sc2cc(Br)cc(C(F)(F)F)c2)c1. The van der Waals surface area contributed by atoms with E-state index in [1.165, 1.54) is 7.11 Å². The molecule has 2 rings (SSSR count). The molecule has 0 N–H and O–H groups in total. The second kappa shape index (κ2) is 7.27. The molecule has 0 radical (unpaired) electrons. The number of esters is 1. The fraction of sp³-hybridized carbons (Fsp3) is 0.133. The summed E-state index contributed by atoms with van der Waals surface area (Å²) in [5.41, 5.74) is -0.423. The lowest BCUT2D eigenvalue weighted by Crippen LogP contribution is -2.04. The van der Waals surface area contributed by atoms with Gasteiger partial charge in [-0.3, -0.25) is 0 Å². The number of alkyl halides is 3. The third-order valence-corrected chi connectivity index (χ3v) is 4.59. The Bertz CT molecular complexity index is 748. The first-order valence-corrected chi connectivity index (χ1v) is 8.54. The molecule has 0 unspecified atom stereocenters. The van der Waals surface area contributed by atoms with Crippen LogP contribution in [0.4, 0.5) is 13.2 Å². The van der Waals surface area contributed by atoms with Crippen molar-refractivity contribution in [2.45, 2.75) is 16.0 Å². The smallest absolute Gasteiger partial charge is 0.416 e. The zero-order valence-corrected chi connectivity index (χ0v) is 15.6. The first-order chi connectivity index (χ1) is 10.7. The van der Waals surface area contributed by atoms with Crippen molar-refractivity contribution in [2.24, 2.45) is 0 Å². The van der Waals surface area contributed by atoms with Crippen molar-refractivity contribution in [1.29, 1.82) is 0 Å². The molecule has 0 bridgehead atoms. The van der Waals surface area contributed by atoms with Gasteiger partial charge in [0.1, 0.15) is 0 Å². The van der Waals surface area contributed by atoms with Gasteiger partial charge in [0.2, 0.25) is 0 Å². The lowest BCUT2D eigenvalue weighted by molar-refractivity contribution is -0.137. The third-order valence-electron chi connectivity index (χ3n) is 2.73. The highest BCUT2D eigenvalue weighted by Crippen LogP contribution is 2.37. The van der Waals surface area contributed by atoms with Crippen molar-refractivity contribution in [3.8, 4) is 0 Å². The Kier molecular flexibility index (Phi) is 5.80. The Morgan fingerprint density at radius 2 is 1.57 bits per heavy atom. The summed E-state index contributed by atoms with van der Waals surface area (Å²) in [6, 6.07) is 8.52.